The quantitative estimate of drug-likeness (QED) is 0.363. The zero-order valence-electron chi connectivity index (χ0n) is 13.3. The molecule has 0 radical (unpaired) electrons. The van der Waals surface area contributed by atoms with Gasteiger partial charge in [0.15, 0.2) is 0 Å². The minimum absolute atomic E-state index is 0.281. The third-order valence-electron chi connectivity index (χ3n) is 4.26. The van der Waals surface area contributed by atoms with E-state index in [1.54, 1.807) is 13.4 Å². The molecule has 0 saturated carbocycles. The van der Waals surface area contributed by atoms with Crippen LogP contribution in [-0.2, 0) is 0 Å². The number of aryl methyl sites for hydroxylation is 1. The van der Waals surface area contributed by atoms with Gasteiger partial charge in [-0.2, -0.15) is 5.26 Å². The van der Waals surface area contributed by atoms with E-state index in [0.717, 1.165) is 21.9 Å². The van der Waals surface area contributed by atoms with Crippen LogP contribution in [0.3, 0.4) is 0 Å². The molecule has 0 amide bonds. The number of methoxy groups -OCH3 is 1. The number of furan rings is 1. The van der Waals surface area contributed by atoms with E-state index < -0.39 is 0 Å². The summed E-state index contributed by atoms with van der Waals surface area (Å²) in [6.45, 7) is 3.70. The first-order valence-corrected chi connectivity index (χ1v) is 7.69. The first-order valence-electron chi connectivity index (χ1n) is 7.28. The average Bonchev–Trinajstić information content (AvgIpc) is 3.00. The van der Waals surface area contributed by atoms with Crippen LogP contribution in [0.4, 0.5) is 0 Å². The Morgan fingerprint density at radius 2 is 2.08 bits per heavy atom. The molecule has 2 aromatic rings. The number of nitriles is 1. The molecule has 0 N–H and O–H groups in total. The van der Waals surface area contributed by atoms with Gasteiger partial charge in [0.25, 0.3) is 0 Å². The molecule has 1 aromatic carbocycles. The molecule has 118 valence electrons. The highest BCUT2D eigenvalue weighted by atomic mass is 32.1. The van der Waals surface area contributed by atoms with Crippen LogP contribution in [0.2, 0.25) is 0 Å². The highest BCUT2D eigenvalue weighted by molar-refractivity contribution is 7.71. The summed E-state index contributed by atoms with van der Waals surface area (Å²) in [5.41, 5.74) is 3.91. The van der Waals surface area contributed by atoms with E-state index in [9.17, 15) is 5.26 Å². The van der Waals surface area contributed by atoms with Crippen LogP contribution in [0.25, 0.3) is 33.2 Å². The van der Waals surface area contributed by atoms with Gasteiger partial charge in [0.1, 0.15) is 33.4 Å². The molecule has 24 heavy (non-hydrogen) atoms. The number of fused-ring (bicyclic) bond motifs is 4. The maximum absolute atomic E-state index is 9.35. The van der Waals surface area contributed by atoms with Gasteiger partial charge >= 0.3 is 0 Å². The van der Waals surface area contributed by atoms with Crippen molar-refractivity contribution in [3.8, 4) is 23.1 Å². The van der Waals surface area contributed by atoms with Crippen LogP contribution in [0.1, 0.15) is 16.9 Å². The smallest absolute Gasteiger partial charge is 0.144 e. The van der Waals surface area contributed by atoms with Gasteiger partial charge in [0.05, 0.1) is 35.4 Å². The molecule has 0 fully saturated rings. The number of aromatic nitrogens is 1. The van der Waals surface area contributed by atoms with Gasteiger partial charge in [-0.25, -0.2) is 4.98 Å². The Kier molecular flexibility index (Phi) is 3.08. The summed E-state index contributed by atoms with van der Waals surface area (Å²) in [7, 11) is 1.60. The van der Waals surface area contributed by atoms with E-state index in [2.05, 4.69) is 11.1 Å². The Hall–Kier alpha value is -2.91. The Morgan fingerprint density at radius 3 is 2.79 bits per heavy atom. The number of hydrogen-bond donors (Lipinski definition) is 0. The monoisotopic (exact) mass is 336 g/mol. The van der Waals surface area contributed by atoms with Gasteiger partial charge in [0, 0.05) is 11.6 Å². The van der Waals surface area contributed by atoms with Crippen molar-refractivity contribution >= 4 is 34.2 Å². The lowest BCUT2D eigenvalue weighted by molar-refractivity contribution is 0.423. The second kappa shape index (κ2) is 5.05. The second-order valence-corrected chi connectivity index (χ2v) is 5.91. The predicted octanol–water partition coefficient (Wildman–Crippen LogP) is 4.91. The second-order valence-electron chi connectivity index (χ2n) is 5.53. The summed E-state index contributed by atoms with van der Waals surface area (Å²) >= 11 is 5.31. The third-order valence-corrected chi connectivity index (χ3v) is 4.55. The van der Waals surface area contributed by atoms with Crippen molar-refractivity contribution in [2.75, 3.05) is 7.11 Å². The van der Waals surface area contributed by atoms with E-state index in [-0.39, 0.29) is 4.64 Å². The summed E-state index contributed by atoms with van der Waals surface area (Å²) in [5, 5.41) is 10.9. The molecule has 2 aliphatic heterocycles. The molecular weight excluding hydrogens is 324 g/mol. The molecule has 2 aliphatic rings. The standard InChI is InChI=1S/C18H12N2O3S/c1-8-11(7-19)18(24)20-16-14(8)9(2)23-13-6-12-10(4-5-22-12)17(21-3)15(13)16/h4-6H,1-3H3. The van der Waals surface area contributed by atoms with Crippen LogP contribution >= 0.6 is 12.2 Å². The third kappa shape index (κ3) is 1.79. The molecule has 3 heterocycles. The Morgan fingerprint density at radius 1 is 1.29 bits per heavy atom. The molecule has 5 nitrogen and oxygen atoms in total. The molecule has 0 spiro atoms. The molecule has 1 aromatic heterocycles. The van der Waals surface area contributed by atoms with Crippen LogP contribution in [0.5, 0.6) is 5.75 Å². The highest BCUT2D eigenvalue weighted by Gasteiger charge is 2.24. The van der Waals surface area contributed by atoms with Gasteiger partial charge in [-0.05, 0) is 25.5 Å². The SMILES string of the molecule is COc1c2ccoc2cc2oc(C)c3c(C)c(C#N)c(=S)nc-3c12. The van der Waals surface area contributed by atoms with Crippen molar-refractivity contribution in [3.05, 3.63) is 39.9 Å². The summed E-state index contributed by atoms with van der Waals surface area (Å²) in [6.07, 6.45) is 1.60. The number of hydrogen-bond acceptors (Lipinski definition) is 6. The summed E-state index contributed by atoms with van der Waals surface area (Å²) < 4.78 is 17.4. The predicted molar refractivity (Wildman–Crippen MR) is 92.0 cm³/mol. The summed E-state index contributed by atoms with van der Waals surface area (Å²) in [4.78, 5) is 4.52. The Balaban J connectivity index is 2.34. The maximum Gasteiger partial charge on any atom is 0.144 e. The first kappa shape index (κ1) is 14.7. The van der Waals surface area contributed by atoms with Gasteiger partial charge < -0.3 is 13.6 Å². The van der Waals surface area contributed by atoms with E-state index in [1.807, 2.05) is 26.0 Å². The van der Waals surface area contributed by atoms with Crippen LogP contribution in [0, 0.1) is 29.8 Å². The van der Waals surface area contributed by atoms with Gasteiger partial charge in [-0.1, -0.05) is 12.2 Å². The zero-order valence-corrected chi connectivity index (χ0v) is 14.1. The normalized spacial score (nSPS) is 11.2. The summed E-state index contributed by atoms with van der Waals surface area (Å²) in [5.74, 6) is 1.29. The number of ether oxygens (including phenoxy) is 1. The Bertz CT molecular complexity index is 1200. The maximum atomic E-state index is 9.35. The highest BCUT2D eigenvalue weighted by Crippen LogP contribution is 2.44. The first-order chi connectivity index (χ1) is 11.6. The topological polar surface area (TPSA) is 72.2 Å². The lowest BCUT2D eigenvalue weighted by atomic mass is 9.96. The lowest BCUT2D eigenvalue weighted by Gasteiger charge is -2.17. The number of pyridine rings is 1. The van der Waals surface area contributed by atoms with Gasteiger partial charge in [0.2, 0.25) is 0 Å². The van der Waals surface area contributed by atoms with E-state index in [4.69, 9.17) is 25.8 Å². The molecule has 0 unspecified atom stereocenters. The van der Waals surface area contributed by atoms with Crippen molar-refractivity contribution in [1.82, 2.24) is 4.98 Å². The molecule has 0 aliphatic carbocycles. The fraction of sp³-hybridized carbons (Fsp3) is 0.167. The van der Waals surface area contributed by atoms with Crippen molar-refractivity contribution in [3.63, 3.8) is 0 Å². The lowest BCUT2D eigenvalue weighted by Crippen LogP contribution is -2.01. The van der Waals surface area contributed by atoms with Crippen LogP contribution < -0.4 is 4.74 Å². The van der Waals surface area contributed by atoms with Gasteiger partial charge in [-0.15, -0.1) is 0 Å². The van der Waals surface area contributed by atoms with Crippen LogP contribution in [-0.4, -0.2) is 12.1 Å². The largest absolute Gasteiger partial charge is 0.495 e. The van der Waals surface area contributed by atoms with Crippen molar-refractivity contribution in [2.24, 2.45) is 0 Å². The van der Waals surface area contributed by atoms with Crippen molar-refractivity contribution < 1.29 is 13.6 Å². The summed E-state index contributed by atoms with van der Waals surface area (Å²) in [6, 6.07) is 5.79. The number of rotatable bonds is 1. The zero-order chi connectivity index (χ0) is 17.0. The van der Waals surface area contributed by atoms with Crippen molar-refractivity contribution in [1.29, 1.82) is 5.26 Å². The molecule has 6 heteroatoms. The van der Waals surface area contributed by atoms with E-state index in [1.165, 1.54) is 0 Å². The fourth-order valence-electron chi connectivity index (χ4n) is 3.21. The van der Waals surface area contributed by atoms with E-state index >= 15 is 0 Å². The average molecular weight is 336 g/mol. The number of nitrogens with zero attached hydrogens (tertiary/aromatic N) is 2. The molecule has 0 bridgehead atoms. The molecule has 0 saturated heterocycles. The molecular formula is C18H12N2O3S. The fourth-order valence-corrected chi connectivity index (χ4v) is 3.50. The minimum Gasteiger partial charge on any atom is -0.495 e. The van der Waals surface area contributed by atoms with Crippen LogP contribution in [0.15, 0.2) is 27.2 Å². The van der Waals surface area contributed by atoms with Gasteiger partial charge in [-0.3, -0.25) is 0 Å². The van der Waals surface area contributed by atoms with E-state index in [0.29, 0.717) is 33.9 Å². The Labute approximate surface area is 142 Å². The van der Waals surface area contributed by atoms with Crippen molar-refractivity contribution in [2.45, 2.75) is 13.8 Å². The minimum atomic E-state index is 0.281. The number of benzene rings is 1. The molecule has 0 atom stereocenters. The molecule has 4 rings (SSSR count).